The van der Waals surface area contributed by atoms with Crippen LogP contribution in [0, 0.1) is 0 Å². The van der Waals surface area contributed by atoms with E-state index in [2.05, 4.69) is 52.0 Å². The number of rotatable bonds is 2. The van der Waals surface area contributed by atoms with Gasteiger partial charge in [-0.15, -0.1) is 0 Å². The Balaban J connectivity index is 0.000000343. The third-order valence-corrected chi connectivity index (χ3v) is 14.2. The van der Waals surface area contributed by atoms with E-state index in [0.29, 0.717) is 0 Å². The fourth-order valence-corrected chi connectivity index (χ4v) is 12.9. The third-order valence-electron chi connectivity index (χ3n) is 7.34. The third kappa shape index (κ3) is 11.3. The van der Waals surface area contributed by atoms with Crippen molar-refractivity contribution in [2.75, 3.05) is 0 Å². The maximum atomic E-state index is 9.75. The van der Waals surface area contributed by atoms with Gasteiger partial charge in [0.25, 0.3) is 0 Å². The van der Waals surface area contributed by atoms with E-state index in [1.807, 2.05) is 0 Å². The Morgan fingerprint density at radius 1 is 0.559 bits per heavy atom. The van der Waals surface area contributed by atoms with Crippen LogP contribution >= 0.6 is 15.8 Å². The predicted octanol–water partition coefficient (Wildman–Crippen LogP) is 9.46. The van der Waals surface area contributed by atoms with Crippen molar-refractivity contribution in [2.45, 2.75) is 127 Å². The summed E-state index contributed by atoms with van der Waals surface area (Å²) in [6.45, 7) is 10.0. The summed E-state index contributed by atoms with van der Waals surface area (Å²) < 4.78 is 39.0. The summed E-state index contributed by atoms with van der Waals surface area (Å²) in [6.07, 6.45) is 17.8. The molecule has 4 atom stereocenters. The number of benzene rings is 1. The van der Waals surface area contributed by atoms with Gasteiger partial charge in [-0.2, -0.15) is 0 Å². The summed E-state index contributed by atoms with van der Waals surface area (Å²) in [5.74, 6) is 0. The average Bonchev–Trinajstić information content (AvgIpc) is 3.21. The first-order valence-electron chi connectivity index (χ1n) is 13.1. The Morgan fingerprint density at radius 3 is 0.971 bits per heavy atom. The molecule has 1 aromatic rings. The van der Waals surface area contributed by atoms with E-state index < -0.39 is 7.25 Å². The maximum absolute atomic E-state index is 9.75. The van der Waals surface area contributed by atoms with Crippen molar-refractivity contribution in [3.63, 3.8) is 0 Å². The fourth-order valence-electron chi connectivity index (χ4n) is 5.65. The van der Waals surface area contributed by atoms with E-state index in [9.17, 15) is 17.3 Å². The Labute approximate surface area is 221 Å². The zero-order valence-corrected chi connectivity index (χ0v) is 24.8. The smallest absolute Gasteiger partial charge is 0.418 e. The number of halogens is 4. The first kappa shape index (κ1) is 32.5. The quantitative estimate of drug-likeness (QED) is 0.178. The van der Waals surface area contributed by atoms with E-state index >= 15 is 0 Å². The van der Waals surface area contributed by atoms with Crippen LogP contribution in [0.5, 0.6) is 0 Å². The van der Waals surface area contributed by atoms with Crippen molar-refractivity contribution < 1.29 is 36.7 Å². The van der Waals surface area contributed by atoms with Crippen molar-refractivity contribution in [2.24, 2.45) is 0 Å². The van der Waals surface area contributed by atoms with Gasteiger partial charge in [-0.1, -0.05) is 119 Å². The average molecular weight is 608 g/mol. The zero-order valence-electron chi connectivity index (χ0n) is 21.4. The Kier molecular flexibility index (Phi) is 15.6. The molecule has 1 radical (unpaired) electrons. The van der Waals surface area contributed by atoms with Crippen LogP contribution in [0.4, 0.5) is 17.3 Å². The summed E-state index contributed by atoms with van der Waals surface area (Å²) in [5.41, 5.74) is 3.74. The Morgan fingerprint density at radius 2 is 0.765 bits per heavy atom. The molecule has 2 saturated heterocycles. The van der Waals surface area contributed by atoms with Crippen LogP contribution in [0.1, 0.15) is 105 Å². The number of hydrogen-bond acceptors (Lipinski definition) is 0. The van der Waals surface area contributed by atoms with Gasteiger partial charge in [-0.25, -0.2) is 0 Å². The molecule has 0 N–H and O–H groups in total. The molecule has 3 aliphatic rings. The molecule has 0 bridgehead atoms. The molecule has 3 fully saturated rings. The van der Waals surface area contributed by atoms with E-state index in [1.165, 1.54) is 77.0 Å². The molecule has 8 heteroatoms. The standard InChI is InChI=1S/C18H28P2.C8H16.BF4.Rh/c1-13-9-10-14(2)19(13)17-7-5-6-8-18(17)20-15(3)11-12-16(20)4;1-2-4-6-8-7-5-3-1;2-1(3,4)5;/h5-8,13-16H,9-12H2,1-4H3;1-8H2;;/q;;-1;/t13-,14-,15-,16-;;;/m1.../s1. The van der Waals surface area contributed by atoms with Gasteiger partial charge >= 0.3 is 7.25 Å². The minimum absolute atomic E-state index is 0. The van der Waals surface area contributed by atoms with Crippen LogP contribution in [-0.2, 0) is 19.5 Å². The van der Waals surface area contributed by atoms with E-state index in [4.69, 9.17) is 0 Å². The summed E-state index contributed by atoms with van der Waals surface area (Å²) in [7, 11) is -5.84. The maximum Gasteiger partial charge on any atom is 0.673 e. The molecule has 4 rings (SSSR count). The second-order valence-corrected chi connectivity index (χ2v) is 16.3. The minimum atomic E-state index is -6.00. The molecule has 0 amide bonds. The second kappa shape index (κ2) is 16.4. The molecule has 199 valence electrons. The predicted molar refractivity (Wildman–Crippen MR) is 143 cm³/mol. The monoisotopic (exact) mass is 608 g/mol. The molecular formula is C26H44BF4P2Rh-. The molecule has 34 heavy (non-hydrogen) atoms. The molecule has 1 saturated carbocycles. The van der Waals surface area contributed by atoms with Gasteiger partial charge in [0.05, 0.1) is 0 Å². The van der Waals surface area contributed by atoms with Gasteiger partial charge in [0.1, 0.15) is 0 Å². The molecule has 1 aromatic carbocycles. The van der Waals surface area contributed by atoms with Crippen molar-refractivity contribution in [1.29, 1.82) is 0 Å². The summed E-state index contributed by atoms with van der Waals surface area (Å²) in [5, 5.41) is 3.57. The first-order valence-corrected chi connectivity index (χ1v) is 16.1. The molecule has 0 spiro atoms. The van der Waals surface area contributed by atoms with Gasteiger partial charge in [0.15, 0.2) is 0 Å². The SMILES string of the molecule is C1CCCCCCC1.C[C@@H]1CC[C@@H](C)P1c1ccccc1P1[C@H](C)CC[C@H]1C.F[B-](F)(F)F.[Rh]. The van der Waals surface area contributed by atoms with Gasteiger partial charge in [0, 0.05) is 19.5 Å². The van der Waals surface area contributed by atoms with Crippen LogP contribution in [0.3, 0.4) is 0 Å². The Bertz CT molecular complexity index is 598. The van der Waals surface area contributed by atoms with Crippen LogP contribution in [-0.4, -0.2) is 29.9 Å². The normalized spacial score (nSPS) is 28.5. The molecule has 2 heterocycles. The Hall–Kier alpha value is 0.488. The molecule has 0 nitrogen and oxygen atoms in total. The van der Waals surface area contributed by atoms with Crippen LogP contribution in [0.15, 0.2) is 24.3 Å². The second-order valence-electron chi connectivity index (χ2n) is 10.2. The van der Waals surface area contributed by atoms with Crippen molar-refractivity contribution in [3.8, 4) is 0 Å². The van der Waals surface area contributed by atoms with Crippen molar-refractivity contribution in [1.82, 2.24) is 0 Å². The van der Waals surface area contributed by atoms with Gasteiger partial charge in [0.2, 0.25) is 0 Å². The number of hydrogen-bond donors (Lipinski definition) is 0. The summed E-state index contributed by atoms with van der Waals surface area (Å²) in [6, 6.07) is 9.55. The van der Waals surface area contributed by atoms with E-state index in [1.54, 1.807) is 10.6 Å². The minimum Gasteiger partial charge on any atom is -0.418 e. The van der Waals surface area contributed by atoms with E-state index in [0.717, 1.165) is 22.6 Å². The topological polar surface area (TPSA) is 0 Å². The molecular weight excluding hydrogens is 564 g/mol. The fraction of sp³-hybridized carbons (Fsp3) is 0.769. The van der Waals surface area contributed by atoms with Crippen molar-refractivity contribution >= 4 is 33.7 Å². The van der Waals surface area contributed by atoms with E-state index in [-0.39, 0.29) is 35.3 Å². The largest absolute Gasteiger partial charge is 0.673 e. The van der Waals surface area contributed by atoms with Gasteiger partial charge in [-0.05, 0) is 58.9 Å². The molecule has 0 aromatic heterocycles. The summed E-state index contributed by atoms with van der Waals surface area (Å²) in [4.78, 5) is 0. The van der Waals surface area contributed by atoms with Crippen molar-refractivity contribution in [3.05, 3.63) is 24.3 Å². The van der Waals surface area contributed by atoms with Crippen LogP contribution in [0.2, 0.25) is 0 Å². The molecule has 2 aliphatic heterocycles. The molecule has 1 aliphatic carbocycles. The molecule has 0 unspecified atom stereocenters. The van der Waals surface area contributed by atoms with Crippen LogP contribution in [0.25, 0.3) is 0 Å². The zero-order chi connectivity index (χ0) is 24.4. The summed E-state index contributed by atoms with van der Waals surface area (Å²) >= 11 is 0. The van der Waals surface area contributed by atoms with Gasteiger partial charge in [-0.3, -0.25) is 0 Å². The first-order chi connectivity index (χ1) is 15.6. The van der Waals surface area contributed by atoms with Crippen LogP contribution < -0.4 is 10.6 Å². The van der Waals surface area contributed by atoms with Gasteiger partial charge < -0.3 is 17.3 Å².